The topological polar surface area (TPSA) is 119 Å². The molecule has 0 radical (unpaired) electrons. The first-order chi connectivity index (χ1) is 7.50. The molecule has 1 amide bonds. The van der Waals surface area contributed by atoms with E-state index in [2.05, 4.69) is 10.3 Å². The molecule has 0 saturated carbocycles. The van der Waals surface area contributed by atoms with Gasteiger partial charge >= 0.3 is 11.9 Å². The largest absolute Gasteiger partial charge is 0.481 e. The van der Waals surface area contributed by atoms with Crippen LogP contribution in [0.5, 0.6) is 0 Å². The zero-order chi connectivity index (χ0) is 12.1. The fourth-order valence-electron chi connectivity index (χ4n) is 1.08. The van der Waals surface area contributed by atoms with Gasteiger partial charge in [-0.3, -0.25) is 9.59 Å². The number of carboxylic acids is 2. The van der Waals surface area contributed by atoms with E-state index in [4.69, 9.17) is 10.2 Å². The fourth-order valence-corrected chi connectivity index (χ4v) is 1.08. The van der Waals surface area contributed by atoms with Crippen molar-refractivity contribution < 1.29 is 24.6 Å². The molecule has 0 bridgehead atoms. The van der Waals surface area contributed by atoms with Crippen molar-refractivity contribution >= 4 is 17.8 Å². The van der Waals surface area contributed by atoms with Crippen molar-refractivity contribution in [3.05, 3.63) is 24.0 Å². The van der Waals surface area contributed by atoms with Crippen LogP contribution in [0.3, 0.4) is 0 Å². The summed E-state index contributed by atoms with van der Waals surface area (Å²) >= 11 is 0. The molecule has 0 aliphatic rings. The van der Waals surface area contributed by atoms with E-state index < -0.39 is 30.3 Å². The summed E-state index contributed by atoms with van der Waals surface area (Å²) in [6.07, 6.45) is 0.837. The predicted molar refractivity (Wildman–Crippen MR) is 51.9 cm³/mol. The van der Waals surface area contributed by atoms with Gasteiger partial charge in [0, 0.05) is 6.20 Å². The van der Waals surface area contributed by atoms with Crippen LogP contribution < -0.4 is 5.32 Å². The lowest BCUT2D eigenvalue weighted by molar-refractivity contribution is -0.145. The summed E-state index contributed by atoms with van der Waals surface area (Å²) < 4.78 is 0. The summed E-state index contributed by atoms with van der Waals surface area (Å²) in [6.45, 7) is 0. The molecule has 1 atom stereocenters. The standard InChI is InChI=1S/C9H10N2O5/c12-7(13)4-6(9(15)16)11-8(14)5-2-1-3-10-5/h1-3,6,10H,4H2,(H,11,14)(H,12,13)(H,15,16)/t6-/m0/s1. The van der Waals surface area contributed by atoms with Crippen molar-refractivity contribution in [2.75, 3.05) is 0 Å². The zero-order valence-electron chi connectivity index (χ0n) is 8.14. The molecular formula is C9H10N2O5. The lowest BCUT2D eigenvalue weighted by Gasteiger charge is -2.11. The second kappa shape index (κ2) is 4.96. The van der Waals surface area contributed by atoms with Crippen LogP contribution in [0.1, 0.15) is 16.9 Å². The van der Waals surface area contributed by atoms with E-state index in [9.17, 15) is 14.4 Å². The molecule has 7 nitrogen and oxygen atoms in total. The Morgan fingerprint density at radius 2 is 2.06 bits per heavy atom. The Labute approximate surface area is 90.1 Å². The molecule has 0 saturated heterocycles. The van der Waals surface area contributed by atoms with Gasteiger partial charge in [0.25, 0.3) is 5.91 Å². The third-order valence-corrected chi connectivity index (χ3v) is 1.82. The van der Waals surface area contributed by atoms with Crippen molar-refractivity contribution in [2.24, 2.45) is 0 Å². The van der Waals surface area contributed by atoms with Crippen LogP contribution in [0.25, 0.3) is 0 Å². The van der Waals surface area contributed by atoms with Gasteiger partial charge in [0.2, 0.25) is 0 Å². The lowest BCUT2D eigenvalue weighted by Crippen LogP contribution is -2.42. The Balaban J connectivity index is 2.65. The molecule has 0 aromatic carbocycles. The third kappa shape index (κ3) is 3.12. The van der Waals surface area contributed by atoms with Gasteiger partial charge in [0.15, 0.2) is 0 Å². The van der Waals surface area contributed by atoms with E-state index in [-0.39, 0.29) is 5.69 Å². The van der Waals surface area contributed by atoms with Crippen molar-refractivity contribution in [1.82, 2.24) is 10.3 Å². The number of H-pyrrole nitrogens is 1. The highest BCUT2D eigenvalue weighted by Gasteiger charge is 2.23. The van der Waals surface area contributed by atoms with Gasteiger partial charge in [-0.15, -0.1) is 0 Å². The van der Waals surface area contributed by atoms with Crippen LogP contribution in [0.15, 0.2) is 18.3 Å². The smallest absolute Gasteiger partial charge is 0.326 e. The summed E-state index contributed by atoms with van der Waals surface area (Å²) in [5, 5.41) is 19.2. The Morgan fingerprint density at radius 3 is 2.50 bits per heavy atom. The Morgan fingerprint density at radius 1 is 1.38 bits per heavy atom. The number of aliphatic carboxylic acids is 2. The summed E-state index contributed by atoms with van der Waals surface area (Å²) in [5.41, 5.74) is 0.177. The van der Waals surface area contributed by atoms with E-state index in [0.29, 0.717) is 0 Å². The molecular weight excluding hydrogens is 216 g/mol. The molecule has 0 fully saturated rings. The minimum Gasteiger partial charge on any atom is -0.481 e. The molecule has 7 heteroatoms. The molecule has 86 valence electrons. The summed E-state index contributed by atoms with van der Waals surface area (Å²) in [5.74, 6) is -3.33. The summed E-state index contributed by atoms with van der Waals surface area (Å²) in [6, 6.07) is 1.59. The second-order valence-corrected chi connectivity index (χ2v) is 3.05. The molecule has 0 spiro atoms. The highest BCUT2D eigenvalue weighted by atomic mass is 16.4. The second-order valence-electron chi connectivity index (χ2n) is 3.05. The fraction of sp³-hybridized carbons (Fsp3) is 0.222. The number of aromatic amines is 1. The number of carbonyl (C=O) groups excluding carboxylic acids is 1. The SMILES string of the molecule is O=C(O)C[C@H](NC(=O)c1ccc[nH]1)C(=O)O. The number of amides is 1. The van der Waals surface area contributed by atoms with Gasteiger partial charge in [-0.25, -0.2) is 4.79 Å². The maximum atomic E-state index is 11.4. The number of aromatic nitrogens is 1. The number of nitrogens with one attached hydrogen (secondary N) is 2. The lowest BCUT2D eigenvalue weighted by atomic mass is 10.2. The van der Waals surface area contributed by atoms with E-state index in [1.165, 1.54) is 12.3 Å². The molecule has 1 aromatic rings. The summed E-state index contributed by atoms with van der Waals surface area (Å²) in [4.78, 5) is 35.0. The first-order valence-electron chi connectivity index (χ1n) is 4.39. The Kier molecular flexibility index (Phi) is 3.65. The van der Waals surface area contributed by atoms with Crippen molar-refractivity contribution in [3.8, 4) is 0 Å². The molecule has 0 unspecified atom stereocenters. The predicted octanol–water partition coefficient (Wildman–Crippen LogP) is -0.328. The van der Waals surface area contributed by atoms with E-state index >= 15 is 0 Å². The van der Waals surface area contributed by atoms with Crippen LogP contribution in [0.4, 0.5) is 0 Å². The Hall–Kier alpha value is -2.31. The summed E-state index contributed by atoms with van der Waals surface area (Å²) in [7, 11) is 0. The first kappa shape index (κ1) is 11.8. The zero-order valence-corrected chi connectivity index (χ0v) is 8.14. The van der Waals surface area contributed by atoms with Crippen LogP contribution in [-0.2, 0) is 9.59 Å². The first-order valence-corrected chi connectivity index (χ1v) is 4.39. The van der Waals surface area contributed by atoms with Gasteiger partial charge in [-0.05, 0) is 12.1 Å². The van der Waals surface area contributed by atoms with Crippen molar-refractivity contribution in [2.45, 2.75) is 12.5 Å². The quantitative estimate of drug-likeness (QED) is 0.548. The van der Waals surface area contributed by atoms with E-state index in [1.807, 2.05) is 0 Å². The highest BCUT2D eigenvalue weighted by molar-refractivity contribution is 5.95. The molecule has 1 heterocycles. The average Bonchev–Trinajstić information content (AvgIpc) is 2.68. The van der Waals surface area contributed by atoms with Gasteiger partial charge in [-0.2, -0.15) is 0 Å². The molecule has 0 aliphatic carbocycles. The van der Waals surface area contributed by atoms with Crippen LogP contribution >= 0.6 is 0 Å². The average molecular weight is 226 g/mol. The molecule has 4 N–H and O–H groups in total. The molecule has 16 heavy (non-hydrogen) atoms. The van der Waals surface area contributed by atoms with Crippen molar-refractivity contribution in [3.63, 3.8) is 0 Å². The van der Waals surface area contributed by atoms with Crippen LogP contribution in [0.2, 0.25) is 0 Å². The maximum absolute atomic E-state index is 11.4. The normalized spacial score (nSPS) is 11.8. The van der Waals surface area contributed by atoms with Gasteiger partial charge < -0.3 is 20.5 Å². The molecule has 1 aromatic heterocycles. The van der Waals surface area contributed by atoms with Gasteiger partial charge in [0.1, 0.15) is 11.7 Å². The van der Waals surface area contributed by atoms with Crippen molar-refractivity contribution in [1.29, 1.82) is 0 Å². The number of hydrogen-bond donors (Lipinski definition) is 4. The van der Waals surface area contributed by atoms with E-state index in [1.54, 1.807) is 6.07 Å². The molecule has 0 aliphatic heterocycles. The minimum atomic E-state index is -1.44. The maximum Gasteiger partial charge on any atom is 0.326 e. The number of rotatable bonds is 5. The number of hydrogen-bond acceptors (Lipinski definition) is 3. The van der Waals surface area contributed by atoms with E-state index in [0.717, 1.165) is 0 Å². The Bertz CT molecular complexity index is 398. The van der Waals surface area contributed by atoms with Crippen LogP contribution in [-0.4, -0.2) is 39.1 Å². The highest BCUT2D eigenvalue weighted by Crippen LogP contribution is 1.98. The molecule has 1 rings (SSSR count). The van der Waals surface area contributed by atoms with Gasteiger partial charge in [0.05, 0.1) is 6.42 Å². The van der Waals surface area contributed by atoms with Crippen LogP contribution in [0, 0.1) is 0 Å². The van der Waals surface area contributed by atoms with Gasteiger partial charge in [-0.1, -0.05) is 0 Å². The number of carboxylic acid groups (broad SMARTS) is 2. The minimum absolute atomic E-state index is 0.177. The number of carbonyl (C=O) groups is 3. The monoisotopic (exact) mass is 226 g/mol. The third-order valence-electron chi connectivity index (χ3n) is 1.82.